The Morgan fingerprint density at radius 3 is 2.64 bits per heavy atom. The summed E-state index contributed by atoms with van der Waals surface area (Å²) in [7, 11) is 0. The zero-order chi connectivity index (χ0) is 16.8. The Morgan fingerprint density at radius 2 is 1.76 bits per heavy atom. The summed E-state index contributed by atoms with van der Waals surface area (Å²) in [4.78, 5) is 0. The van der Waals surface area contributed by atoms with Crippen LogP contribution in [0.4, 0.5) is 0 Å². The van der Waals surface area contributed by atoms with Crippen molar-refractivity contribution in [3.05, 3.63) is 63.1 Å². The van der Waals surface area contributed by atoms with Gasteiger partial charge in [-0.05, 0) is 103 Å². The van der Waals surface area contributed by atoms with Gasteiger partial charge in [0, 0.05) is 0 Å². The molecule has 25 heavy (non-hydrogen) atoms. The van der Waals surface area contributed by atoms with Crippen molar-refractivity contribution in [3.63, 3.8) is 0 Å². The Kier molecular flexibility index (Phi) is 3.69. The Labute approximate surface area is 150 Å². The quantitative estimate of drug-likeness (QED) is 0.763. The molecule has 0 unspecified atom stereocenters. The average molecular weight is 330 g/mol. The first-order valence-electron chi connectivity index (χ1n) is 9.88. The molecule has 0 heterocycles. The lowest BCUT2D eigenvalue weighted by molar-refractivity contribution is 0.210. The standard InChI is InChI=1S/C24H26O/c1-16-6-11-21-18(14-16)9-13-23-22(21)12-8-17-7-10-20(15-24(17)23)25-19-4-2-3-5-19/h6-8,10,14-15,19H,2-5,9,11-13H2,1H3. The summed E-state index contributed by atoms with van der Waals surface area (Å²) in [5, 5.41) is 2.82. The number of benzene rings is 1. The molecule has 0 atom stereocenters. The van der Waals surface area contributed by atoms with Crippen LogP contribution >= 0.6 is 0 Å². The molecule has 0 spiro atoms. The molecular weight excluding hydrogens is 304 g/mol. The monoisotopic (exact) mass is 330 g/mol. The lowest BCUT2D eigenvalue weighted by Crippen LogP contribution is -2.32. The van der Waals surface area contributed by atoms with Crippen molar-refractivity contribution in [1.82, 2.24) is 0 Å². The molecule has 5 rings (SSSR count). The summed E-state index contributed by atoms with van der Waals surface area (Å²) in [5.74, 6) is 1.07. The van der Waals surface area contributed by atoms with Crippen molar-refractivity contribution in [2.24, 2.45) is 0 Å². The van der Waals surface area contributed by atoms with Gasteiger partial charge in [0.2, 0.25) is 0 Å². The zero-order valence-corrected chi connectivity index (χ0v) is 15.1. The van der Waals surface area contributed by atoms with Gasteiger partial charge in [-0.3, -0.25) is 0 Å². The van der Waals surface area contributed by atoms with Crippen LogP contribution in [-0.4, -0.2) is 6.10 Å². The van der Waals surface area contributed by atoms with Crippen LogP contribution in [0.5, 0.6) is 5.75 Å². The van der Waals surface area contributed by atoms with Crippen LogP contribution in [0.3, 0.4) is 0 Å². The Bertz CT molecular complexity index is 933. The van der Waals surface area contributed by atoms with Crippen LogP contribution in [-0.2, 0) is 0 Å². The van der Waals surface area contributed by atoms with E-state index in [1.54, 1.807) is 22.3 Å². The van der Waals surface area contributed by atoms with Gasteiger partial charge >= 0.3 is 0 Å². The minimum atomic E-state index is 0.431. The molecule has 4 aliphatic rings. The van der Waals surface area contributed by atoms with E-state index in [1.165, 1.54) is 54.5 Å². The van der Waals surface area contributed by atoms with E-state index in [-0.39, 0.29) is 0 Å². The van der Waals surface area contributed by atoms with Crippen LogP contribution in [0.1, 0.15) is 58.3 Å². The fraction of sp³-hybridized carbons (Fsp3) is 0.417. The molecule has 0 radical (unpaired) electrons. The molecule has 1 nitrogen and oxygen atoms in total. The third-order valence-corrected chi connectivity index (χ3v) is 6.27. The van der Waals surface area contributed by atoms with Crippen LogP contribution in [0.2, 0.25) is 0 Å². The molecule has 0 amide bonds. The first-order valence-corrected chi connectivity index (χ1v) is 9.88. The van der Waals surface area contributed by atoms with Gasteiger partial charge in [-0.15, -0.1) is 0 Å². The fourth-order valence-electron chi connectivity index (χ4n) is 4.95. The van der Waals surface area contributed by atoms with Crippen molar-refractivity contribution in [3.8, 4) is 5.75 Å². The number of allylic oxidation sites excluding steroid dienone is 6. The van der Waals surface area contributed by atoms with Crippen LogP contribution < -0.4 is 15.2 Å². The van der Waals surface area contributed by atoms with Crippen molar-refractivity contribution in [2.45, 2.75) is 64.4 Å². The van der Waals surface area contributed by atoms with E-state index >= 15 is 0 Å². The lowest BCUT2D eigenvalue weighted by Gasteiger charge is -2.29. The van der Waals surface area contributed by atoms with Gasteiger partial charge in [-0.1, -0.05) is 29.9 Å². The van der Waals surface area contributed by atoms with Crippen LogP contribution in [0.25, 0.3) is 11.6 Å². The first kappa shape index (κ1) is 15.3. The molecule has 4 aliphatic carbocycles. The number of rotatable bonds is 2. The number of hydrogen-bond donors (Lipinski definition) is 0. The summed E-state index contributed by atoms with van der Waals surface area (Å²) in [6.07, 6.45) is 17.2. The van der Waals surface area contributed by atoms with Gasteiger partial charge in [0.1, 0.15) is 5.75 Å². The third kappa shape index (κ3) is 2.70. The number of fused-ring (bicyclic) bond motifs is 3. The molecule has 0 aromatic heterocycles. The predicted octanol–water partition coefficient (Wildman–Crippen LogP) is 4.71. The average Bonchev–Trinajstić information content (AvgIpc) is 3.14. The minimum Gasteiger partial charge on any atom is -0.490 e. The Hall–Kier alpha value is -2.02. The number of hydrogen-bond acceptors (Lipinski definition) is 1. The maximum absolute atomic E-state index is 6.28. The van der Waals surface area contributed by atoms with Crippen molar-refractivity contribution in [1.29, 1.82) is 0 Å². The molecule has 0 aliphatic heterocycles. The molecular formula is C24H26O. The third-order valence-electron chi connectivity index (χ3n) is 6.27. The highest BCUT2D eigenvalue weighted by atomic mass is 16.5. The van der Waals surface area contributed by atoms with Gasteiger partial charge in [-0.25, -0.2) is 0 Å². The van der Waals surface area contributed by atoms with E-state index in [9.17, 15) is 0 Å². The highest BCUT2D eigenvalue weighted by molar-refractivity contribution is 5.76. The molecule has 1 aromatic carbocycles. The van der Waals surface area contributed by atoms with E-state index < -0.39 is 0 Å². The molecule has 128 valence electrons. The van der Waals surface area contributed by atoms with Crippen LogP contribution in [0, 0.1) is 0 Å². The molecule has 1 aromatic rings. The molecule has 0 saturated heterocycles. The normalized spacial score (nSPS) is 22.5. The van der Waals surface area contributed by atoms with Crippen LogP contribution in [0.15, 0.2) is 52.6 Å². The lowest BCUT2D eigenvalue weighted by atomic mass is 9.76. The molecule has 1 fully saturated rings. The van der Waals surface area contributed by atoms with E-state index in [0.717, 1.165) is 18.6 Å². The highest BCUT2D eigenvalue weighted by Gasteiger charge is 2.24. The van der Waals surface area contributed by atoms with E-state index in [4.69, 9.17) is 4.74 Å². The summed E-state index contributed by atoms with van der Waals surface area (Å²) in [6.45, 7) is 2.22. The zero-order valence-electron chi connectivity index (χ0n) is 15.1. The Balaban J connectivity index is 1.59. The van der Waals surface area contributed by atoms with E-state index in [0.29, 0.717) is 6.10 Å². The van der Waals surface area contributed by atoms with Gasteiger partial charge in [0.25, 0.3) is 0 Å². The summed E-state index contributed by atoms with van der Waals surface area (Å²) in [5.41, 5.74) is 7.77. The fourth-order valence-corrected chi connectivity index (χ4v) is 4.95. The summed E-state index contributed by atoms with van der Waals surface area (Å²) >= 11 is 0. The second-order valence-corrected chi connectivity index (χ2v) is 7.94. The minimum absolute atomic E-state index is 0.431. The van der Waals surface area contributed by atoms with Crippen molar-refractivity contribution in [2.75, 3.05) is 0 Å². The highest BCUT2D eigenvalue weighted by Crippen LogP contribution is 2.41. The van der Waals surface area contributed by atoms with Gasteiger partial charge in [0.15, 0.2) is 0 Å². The van der Waals surface area contributed by atoms with Gasteiger partial charge < -0.3 is 4.74 Å². The van der Waals surface area contributed by atoms with E-state index in [2.05, 4.69) is 43.4 Å². The molecule has 1 saturated carbocycles. The molecule has 0 N–H and O–H groups in total. The summed E-state index contributed by atoms with van der Waals surface area (Å²) in [6, 6.07) is 6.76. The van der Waals surface area contributed by atoms with Crippen molar-refractivity contribution >= 4 is 11.6 Å². The second kappa shape index (κ2) is 6.05. The molecule has 1 heteroatoms. The second-order valence-electron chi connectivity index (χ2n) is 7.94. The predicted molar refractivity (Wildman–Crippen MR) is 104 cm³/mol. The topological polar surface area (TPSA) is 9.23 Å². The maximum Gasteiger partial charge on any atom is 0.120 e. The number of ether oxygens (including phenoxy) is 1. The smallest absolute Gasteiger partial charge is 0.120 e. The van der Waals surface area contributed by atoms with Gasteiger partial charge in [-0.2, -0.15) is 0 Å². The maximum atomic E-state index is 6.28. The Morgan fingerprint density at radius 1 is 0.920 bits per heavy atom. The SMILES string of the molecule is CC1=CCC2=C3CC=c4ccc(OC5CCCC5)cc4=C3CCC2=C1. The van der Waals surface area contributed by atoms with Gasteiger partial charge in [0.05, 0.1) is 6.10 Å². The summed E-state index contributed by atoms with van der Waals surface area (Å²) < 4.78 is 6.28. The molecule has 0 bridgehead atoms. The van der Waals surface area contributed by atoms with Crippen molar-refractivity contribution < 1.29 is 4.74 Å². The van der Waals surface area contributed by atoms with E-state index in [1.807, 2.05) is 0 Å². The largest absolute Gasteiger partial charge is 0.490 e. The first-order chi connectivity index (χ1) is 12.3.